The van der Waals surface area contributed by atoms with Crippen molar-refractivity contribution >= 4 is 5.69 Å². The molecule has 0 fully saturated rings. The van der Waals surface area contributed by atoms with E-state index in [4.69, 9.17) is 9.47 Å². The zero-order valence-corrected chi connectivity index (χ0v) is 13.0. The summed E-state index contributed by atoms with van der Waals surface area (Å²) < 4.78 is 10.4. The summed E-state index contributed by atoms with van der Waals surface area (Å²) >= 11 is 0. The average molecular weight is 280 g/mol. The van der Waals surface area contributed by atoms with Gasteiger partial charge in [0.05, 0.1) is 6.61 Å². The molecule has 0 spiro atoms. The lowest BCUT2D eigenvalue weighted by molar-refractivity contribution is 0.191. The Hall–Kier alpha value is -1.10. The van der Waals surface area contributed by atoms with Crippen molar-refractivity contribution in [3.63, 3.8) is 0 Å². The smallest absolute Gasteiger partial charge is 0.0637 e. The molecule has 0 unspecified atom stereocenters. The molecule has 4 heteroatoms. The summed E-state index contributed by atoms with van der Waals surface area (Å²) in [5, 5.41) is 3.40. The van der Waals surface area contributed by atoms with Gasteiger partial charge in [-0.3, -0.25) is 0 Å². The summed E-state index contributed by atoms with van der Waals surface area (Å²) in [6, 6.07) is 8.57. The van der Waals surface area contributed by atoms with Gasteiger partial charge < -0.3 is 19.7 Å². The summed E-state index contributed by atoms with van der Waals surface area (Å²) in [5.41, 5.74) is 2.63. The van der Waals surface area contributed by atoms with E-state index in [1.807, 2.05) is 0 Å². The second-order valence-corrected chi connectivity index (χ2v) is 4.74. The first-order valence-corrected chi connectivity index (χ1v) is 7.35. The minimum Gasteiger partial charge on any atom is -0.385 e. The predicted octanol–water partition coefficient (Wildman–Crippen LogP) is 2.29. The lowest BCUT2D eigenvalue weighted by atomic mass is 10.1. The molecule has 1 rings (SSSR count). The lowest BCUT2D eigenvalue weighted by Crippen LogP contribution is -2.30. The number of rotatable bonds is 11. The van der Waals surface area contributed by atoms with Crippen LogP contribution >= 0.6 is 0 Å². The molecule has 0 saturated carbocycles. The average Bonchev–Trinajstić information content (AvgIpc) is 2.49. The first-order valence-electron chi connectivity index (χ1n) is 7.35. The monoisotopic (exact) mass is 280 g/mol. The van der Waals surface area contributed by atoms with Gasteiger partial charge in [-0.15, -0.1) is 0 Å². The molecular weight excluding hydrogens is 252 g/mol. The van der Waals surface area contributed by atoms with Crippen molar-refractivity contribution in [3.05, 3.63) is 29.8 Å². The number of anilines is 1. The molecular formula is C16H28N2O2. The summed E-state index contributed by atoms with van der Waals surface area (Å²) in [6.07, 6.45) is 1.02. The van der Waals surface area contributed by atoms with Gasteiger partial charge in [0.1, 0.15) is 0 Å². The Morgan fingerprint density at radius 2 is 1.80 bits per heavy atom. The van der Waals surface area contributed by atoms with Crippen LogP contribution in [-0.2, 0) is 16.0 Å². The third kappa shape index (κ3) is 5.90. The summed E-state index contributed by atoms with van der Waals surface area (Å²) in [6.45, 7) is 7.44. The van der Waals surface area contributed by atoms with Crippen molar-refractivity contribution in [2.45, 2.75) is 19.9 Å². The summed E-state index contributed by atoms with van der Waals surface area (Å²) in [7, 11) is 3.50. The molecule has 114 valence electrons. The van der Waals surface area contributed by atoms with Crippen LogP contribution in [0, 0.1) is 0 Å². The number of nitrogens with zero attached hydrogens (tertiary/aromatic N) is 1. The first-order chi connectivity index (χ1) is 9.83. The van der Waals surface area contributed by atoms with E-state index in [9.17, 15) is 0 Å². The highest BCUT2D eigenvalue weighted by Gasteiger charge is 2.10. The number of hydrogen-bond donors (Lipinski definition) is 1. The fourth-order valence-electron chi connectivity index (χ4n) is 2.18. The highest BCUT2D eigenvalue weighted by atomic mass is 16.5. The Morgan fingerprint density at radius 3 is 2.50 bits per heavy atom. The van der Waals surface area contributed by atoms with Gasteiger partial charge in [-0.25, -0.2) is 0 Å². The molecule has 0 aromatic heterocycles. The molecule has 0 atom stereocenters. The van der Waals surface area contributed by atoms with E-state index in [2.05, 4.69) is 41.4 Å². The second kappa shape index (κ2) is 10.7. The zero-order valence-electron chi connectivity index (χ0n) is 13.0. The van der Waals surface area contributed by atoms with Crippen LogP contribution < -0.4 is 10.2 Å². The summed E-state index contributed by atoms with van der Waals surface area (Å²) in [4.78, 5) is 2.38. The number of hydrogen-bond acceptors (Lipinski definition) is 4. The third-order valence-electron chi connectivity index (χ3n) is 3.24. The van der Waals surface area contributed by atoms with Gasteiger partial charge in [0.25, 0.3) is 0 Å². The van der Waals surface area contributed by atoms with Gasteiger partial charge in [0.2, 0.25) is 0 Å². The third-order valence-corrected chi connectivity index (χ3v) is 3.24. The van der Waals surface area contributed by atoms with Crippen molar-refractivity contribution < 1.29 is 9.47 Å². The van der Waals surface area contributed by atoms with E-state index in [0.717, 1.165) is 45.8 Å². The lowest BCUT2D eigenvalue weighted by Gasteiger charge is -2.27. The molecule has 20 heavy (non-hydrogen) atoms. The van der Waals surface area contributed by atoms with Gasteiger partial charge in [-0.2, -0.15) is 0 Å². The van der Waals surface area contributed by atoms with Crippen LogP contribution in [0.15, 0.2) is 24.3 Å². The van der Waals surface area contributed by atoms with E-state index in [1.54, 1.807) is 14.2 Å². The summed E-state index contributed by atoms with van der Waals surface area (Å²) in [5.74, 6) is 0. The van der Waals surface area contributed by atoms with Crippen molar-refractivity contribution in [3.8, 4) is 0 Å². The molecule has 0 amide bonds. The number of methoxy groups -OCH3 is 2. The fourth-order valence-corrected chi connectivity index (χ4v) is 2.18. The standard InChI is InChI=1S/C16H28N2O2/c1-4-17-14-15-8-5-6-9-16(15)18(11-13-20-3)10-7-12-19-2/h5-6,8-9,17H,4,7,10-14H2,1-3H3. The number of ether oxygens (including phenoxy) is 2. The molecule has 0 aliphatic heterocycles. The maximum atomic E-state index is 5.23. The Bertz CT molecular complexity index is 358. The Labute approximate surface area is 123 Å². The van der Waals surface area contributed by atoms with Gasteiger partial charge in [0, 0.05) is 46.1 Å². The molecule has 0 aliphatic carbocycles. The quantitative estimate of drug-likeness (QED) is 0.631. The van der Waals surface area contributed by atoms with Crippen LogP contribution in [-0.4, -0.2) is 47.1 Å². The molecule has 0 heterocycles. The molecule has 0 bridgehead atoms. The van der Waals surface area contributed by atoms with Crippen molar-refractivity contribution in [2.24, 2.45) is 0 Å². The van der Waals surface area contributed by atoms with Gasteiger partial charge in [0.15, 0.2) is 0 Å². The topological polar surface area (TPSA) is 33.7 Å². The van der Waals surface area contributed by atoms with Gasteiger partial charge >= 0.3 is 0 Å². The van der Waals surface area contributed by atoms with E-state index in [-0.39, 0.29) is 0 Å². The maximum Gasteiger partial charge on any atom is 0.0637 e. The SMILES string of the molecule is CCNCc1ccccc1N(CCCOC)CCOC. The minimum atomic E-state index is 0.739. The van der Waals surface area contributed by atoms with Crippen molar-refractivity contribution in [1.29, 1.82) is 0 Å². The predicted molar refractivity (Wildman–Crippen MR) is 84.4 cm³/mol. The molecule has 1 aromatic carbocycles. The molecule has 1 aromatic rings. The van der Waals surface area contributed by atoms with Crippen molar-refractivity contribution in [2.75, 3.05) is 52.0 Å². The van der Waals surface area contributed by atoms with E-state index < -0.39 is 0 Å². The molecule has 4 nitrogen and oxygen atoms in total. The highest BCUT2D eigenvalue weighted by molar-refractivity contribution is 5.53. The largest absolute Gasteiger partial charge is 0.385 e. The molecule has 0 saturated heterocycles. The number of nitrogens with one attached hydrogen (secondary N) is 1. The van der Waals surface area contributed by atoms with E-state index >= 15 is 0 Å². The van der Waals surface area contributed by atoms with Crippen LogP contribution in [0.3, 0.4) is 0 Å². The minimum absolute atomic E-state index is 0.739. The van der Waals surface area contributed by atoms with Gasteiger partial charge in [-0.05, 0) is 24.6 Å². The maximum absolute atomic E-state index is 5.23. The fraction of sp³-hybridized carbons (Fsp3) is 0.625. The number of para-hydroxylation sites is 1. The van der Waals surface area contributed by atoms with Crippen LogP contribution in [0.2, 0.25) is 0 Å². The zero-order chi connectivity index (χ0) is 14.6. The van der Waals surface area contributed by atoms with Crippen LogP contribution in [0.25, 0.3) is 0 Å². The van der Waals surface area contributed by atoms with Crippen molar-refractivity contribution in [1.82, 2.24) is 5.32 Å². The van der Waals surface area contributed by atoms with Crippen LogP contribution in [0.5, 0.6) is 0 Å². The highest BCUT2D eigenvalue weighted by Crippen LogP contribution is 2.20. The normalized spacial score (nSPS) is 10.8. The molecule has 1 N–H and O–H groups in total. The Morgan fingerprint density at radius 1 is 1.05 bits per heavy atom. The van der Waals surface area contributed by atoms with Gasteiger partial charge in [-0.1, -0.05) is 25.1 Å². The first kappa shape index (κ1) is 17.0. The Kier molecular flexibility index (Phi) is 9.04. The molecule has 0 aliphatic rings. The molecule has 0 radical (unpaired) electrons. The van der Waals surface area contributed by atoms with E-state index in [0.29, 0.717) is 0 Å². The van der Waals surface area contributed by atoms with Crippen LogP contribution in [0.4, 0.5) is 5.69 Å². The number of benzene rings is 1. The van der Waals surface area contributed by atoms with E-state index in [1.165, 1.54) is 11.3 Å². The van der Waals surface area contributed by atoms with Crippen LogP contribution in [0.1, 0.15) is 18.9 Å². The second-order valence-electron chi connectivity index (χ2n) is 4.74. The Balaban J connectivity index is 2.76.